The van der Waals surface area contributed by atoms with Crippen LogP contribution in [-0.2, 0) is 6.54 Å². The molecule has 1 aliphatic heterocycles. The average Bonchev–Trinajstić information content (AvgIpc) is 2.77. The summed E-state index contributed by atoms with van der Waals surface area (Å²) in [5, 5.41) is 22.6. The molecule has 6 nitrogen and oxygen atoms in total. The van der Waals surface area contributed by atoms with Gasteiger partial charge in [-0.05, 0) is 52.8 Å². The second-order valence-electron chi connectivity index (χ2n) is 7.94. The van der Waals surface area contributed by atoms with Gasteiger partial charge >= 0.3 is 0 Å². The maximum Gasteiger partial charge on any atom is 0.252 e. The highest BCUT2D eigenvalue weighted by molar-refractivity contribution is 6.01. The number of hydrogen-bond donors (Lipinski definition) is 4. The van der Waals surface area contributed by atoms with Crippen molar-refractivity contribution in [2.45, 2.75) is 31.5 Å². The molecule has 4 rings (SSSR count). The number of carbonyl (C=O) groups excluding carboxylic acids is 1. The second-order valence-corrected chi connectivity index (χ2v) is 7.94. The smallest absolute Gasteiger partial charge is 0.252 e. The Morgan fingerprint density at radius 1 is 1.10 bits per heavy atom. The number of rotatable bonds is 5. The molecule has 1 heterocycles. The maximum atomic E-state index is 11.6. The van der Waals surface area contributed by atoms with Crippen molar-refractivity contribution in [1.29, 1.82) is 0 Å². The Kier molecular flexibility index (Phi) is 5.72. The lowest BCUT2D eigenvalue weighted by molar-refractivity contribution is -0.0121. The van der Waals surface area contributed by atoms with Crippen molar-refractivity contribution >= 4 is 16.7 Å². The lowest BCUT2D eigenvalue weighted by atomic mass is 9.88. The minimum atomic E-state index is -0.796. The molecule has 6 heteroatoms. The van der Waals surface area contributed by atoms with Crippen molar-refractivity contribution in [1.82, 2.24) is 4.90 Å². The summed E-state index contributed by atoms with van der Waals surface area (Å²) >= 11 is 0. The number of benzene rings is 3. The molecule has 0 aliphatic carbocycles. The van der Waals surface area contributed by atoms with Gasteiger partial charge in [0.1, 0.15) is 12.0 Å². The Hall–Kier alpha value is -2.93. The van der Waals surface area contributed by atoms with Gasteiger partial charge in [0.2, 0.25) is 0 Å². The van der Waals surface area contributed by atoms with Crippen LogP contribution in [0.2, 0.25) is 0 Å². The van der Waals surface area contributed by atoms with Gasteiger partial charge in [-0.15, -0.1) is 0 Å². The molecule has 30 heavy (non-hydrogen) atoms. The zero-order valence-electron chi connectivity index (χ0n) is 16.8. The van der Waals surface area contributed by atoms with E-state index in [1.807, 2.05) is 24.3 Å². The molecule has 1 saturated heterocycles. The summed E-state index contributed by atoms with van der Waals surface area (Å²) < 4.78 is 0. The Labute approximate surface area is 175 Å². The molecule has 3 aromatic rings. The zero-order chi connectivity index (χ0) is 21.3. The molecule has 156 valence electrons. The van der Waals surface area contributed by atoms with Crippen molar-refractivity contribution in [2.75, 3.05) is 13.1 Å². The van der Waals surface area contributed by atoms with Gasteiger partial charge < -0.3 is 21.7 Å². The van der Waals surface area contributed by atoms with Crippen molar-refractivity contribution in [3.63, 3.8) is 0 Å². The van der Waals surface area contributed by atoms with Gasteiger partial charge in [0.15, 0.2) is 0 Å². The molecule has 0 saturated carbocycles. The maximum absolute atomic E-state index is 11.6. The Balaban J connectivity index is 1.55. The Morgan fingerprint density at radius 3 is 2.53 bits per heavy atom. The van der Waals surface area contributed by atoms with Crippen molar-refractivity contribution in [2.24, 2.45) is 11.5 Å². The minimum Gasteiger partial charge on any atom is -0.507 e. The molecular formula is C24H27N3O3. The molecule has 0 radical (unpaired) electrons. The predicted molar refractivity (Wildman–Crippen MR) is 117 cm³/mol. The van der Waals surface area contributed by atoms with Crippen molar-refractivity contribution < 1.29 is 15.0 Å². The van der Waals surface area contributed by atoms with Gasteiger partial charge in [0.25, 0.3) is 5.91 Å². The van der Waals surface area contributed by atoms with Crippen LogP contribution >= 0.6 is 0 Å². The lowest BCUT2D eigenvalue weighted by Gasteiger charge is -2.36. The molecule has 1 amide bonds. The van der Waals surface area contributed by atoms with Gasteiger partial charge in [-0.1, -0.05) is 42.5 Å². The fraction of sp³-hybridized carbons (Fsp3) is 0.292. The summed E-state index contributed by atoms with van der Waals surface area (Å²) in [7, 11) is 0. The van der Waals surface area contributed by atoms with Crippen LogP contribution in [0.1, 0.15) is 52.0 Å². The zero-order valence-corrected chi connectivity index (χ0v) is 16.8. The number of primary amides is 1. The molecule has 0 bridgehead atoms. The molecule has 1 fully saturated rings. The average molecular weight is 405 g/mol. The summed E-state index contributed by atoms with van der Waals surface area (Å²) in [5.41, 5.74) is 14.4. The van der Waals surface area contributed by atoms with Crippen LogP contribution in [-0.4, -0.2) is 34.1 Å². The fourth-order valence-electron chi connectivity index (χ4n) is 4.41. The van der Waals surface area contributed by atoms with Gasteiger partial charge in [0, 0.05) is 25.2 Å². The normalized spacial score (nSPS) is 16.6. The highest BCUT2D eigenvalue weighted by Gasteiger charge is 2.27. The van der Waals surface area contributed by atoms with E-state index in [0.717, 1.165) is 42.3 Å². The number of likely N-dealkylation sites (tertiary alicyclic amines) is 1. The summed E-state index contributed by atoms with van der Waals surface area (Å²) in [5.74, 6) is -0.396. The van der Waals surface area contributed by atoms with E-state index in [-0.39, 0.29) is 11.3 Å². The van der Waals surface area contributed by atoms with Crippen molar-refractivity contribution in [3.05, 3.63) is 76.9 Å². The van der Waals surface area contributed by atoms with Crippen LogP contribution in [0.25, 0.3) is 10.8 Å². The number of nitrogens with zero attached hydrogens (tertiary/aromatic N) is 1. The van der Waals surface area contributed by atoms with Crippen molar-refractivity contribution in [3.8, 4) is 5.75 Å². The molecule has 0 aromatic heterocycles. The topological polar surface area (TPSA) is 113 Å². The first-order chi connectivity index (χ1) is 14.5. The number of fused-ring (bicyclic) bond motifs is 1. The predicted octanol–water partition coefficient (Wildman–Crippen LogP) is 2.97. The number of carbonyl (C=O) groups is 1. The quantitative estimate of drug-likeness (QED) is 0.521. The van der Waals surface area contributed by atoms with E-state index in [1.165, 1.54) is 11.6 Å². The number of hydrogen-bond acceptors (Lipinski definition) is 5. The molecule has 1 aliphatic rings. The number of phenols is 1. The number of amides is 1. The number of aliphatic hydroxyl groups is 1. The van der Waals surface area contributed by atoms with Gasteiger partial charge in [0.05, 0.1) is 5.56 Å². The van der Waals surface area contributed by atoms with E-state index in [9.17, 15) is 15.0 Å². The summed E-state index contributed by atoms with van der Waals surface area (Å²) in [6.07, 6.45) is 1.10. The van der Waals surface area contributed by atoms with Gasteiger partial charge in [-0.2, -0.15) is 0 Å². The Morgan fingerprint density at radius 2 is 1.83 bits per heavy atom. The van der Waals surface area contributed by atoms with E-state index in [2.05, 4.69) is 23.1 Å². The number of aromatic hydroxyl groups is 1. The van der Waals surface area contributed by atoms with E-state index in [1.54, 1.807) is 6.07 Å². The molecular weight excluding hydrogens is 378 g/mol. The first kappa shape index (κ1) is 20.3. The van der Waals surface area contributed by atoms with Crippen LogP contribution < -0.4 is 11.5 Å². The molecule has 6 N–H and O–H groups in total. The molecule has 1 atom stereocenters. The summed E-state index contributed by atoms with van der Waals surface area (Å²) in [6.45, 7) is 2.06. The second kappa shape index (κ2) is 8.44. The molecule has 3 aromatic carbocycles. The van der Waals surface area contributed by atoms with E-state index in [4.69, 9.17) is 11.5 Å². The molecule has 0 spiro atoms. The SMILES string of the molecule is NCc1cccc(C2CCN(C(O)c3cccc4cc(O)c(C(N)=O)cc34)CC2)c1. The van der Waals surface area contributed by atoms with Crippen LogP contribution in [0.3, 0.4) is 0 Å². The Bertz CT molecular complexity index is 1070. The third kappa shape index (κ3) is 3.89. The number of aliphatic hydroxyl groups excluding tert-OH is 1. The van der Waals surface area contributed by atoms with Gasteiger partial charge in [-0.25, -0.2) is 0 Å². The van der Waals surface area contributed by atoms with Gasteiger partial charge in [-0.3, -0.25) is 9.69 Å². The minimum absolute atomic E-state index is 0.0562. The van der Waals surface area contributed by atoms with E-state index < -0.39 is 12.1 Å². The first-order valence-corrected chi connectivity index (χ1v) is 10.2. The highest BCUT2D eigenvalue weighted by Crippen LogP contribution is 2.35. The van der Waals surface area contributed by atoms with Crippen LogP contribution in [0.15, 0.2) is 54.6 Å². The number of piperidine rings is 1. The standard InChI is InChI=1S/C24H27N3O3/c25-14-15-3-1-4-17(11-15)16-7-9-27(10-8-16)24(30)19-6-2-5-18-12-22(28)21(23(26)29)13-20(18)19/h1-6,11-13,16,24,28,30H,7-10,14,25H2,(H2,26,29). The largest absolute Gasteiger partial charge is 0.507 e. The summed E-state index contributed by atoms with van der Waals surface area (Å²) in [6, 6.07) is 17.0. The first-order valence-electron chi connectivity index (χ1n) is 10.2. The molecule has 1 unspecified atom stereocenters. The number of nitrogens with two attached hydrogens (primary N) is 2. The van der Waals surface area contributed by atoms with E-state index >= 15 is 0 Å². The third-order valence-electron chi connectivity index (χ3n) is 6.11. The van der Waals surface area contributed by atoms with Crippen LogP contribution in [0.5, 0.6) is 5.75 Å². The lowest BCUT2D eigenvalue weighted by Crippen LogP contribution is -2.36. The van der Waals surface area contributed by atoms with Crippen LogP contribution in [0, 0.1) is 0 Å². The monoisotopic (exact) mass is 405 g/mol. The van der Waals surface area contributed by atoms with E-state index in [0.29, 0.717) is 18.0 Å². The third-order valence-corrected chi connectivity index (χ3v) is 6.11. The van der Waals surface area contributed by atoms with Crippen LogP contribution in [0.4, 0.5) is 0 Å². The highest BCUT2D eigenvalue weighted by atomic mass is 16.3. The fourth-order valence-corrected chi connectivity index (χ4v) is 4.41. The summed E-state index contributed by atoms with van der Waals surface area (Å²) in [4.78, 5) is 13.7.